The SMILES string of the molecule is CC1CCN(C(=O)[C@@H](C)OC(=O)c2ccc(N3CCOCC3)c([N+](=O)[O-])c2)CC1. The second-order valence-corrected chi connectivity index (χ2v) is 7.62. The summed E-state index contributed by atoms with van der Waals surface area (Å²) in [4.78, 5) is 39.6. The van der Waals surface area contributed by atoms with Gasteiger partial charge in [-0.2, -0.15) is 0 Å². The first-order valence-electron chi connectivity index (χ1n) is 9.97. The number of hydrogen-bond donors (Lipinski definition) is 0. The van der Waals surface area contributed by atoms with Crippen LogP contribution < -0.4 is 4.90 Å². The van der Waals surface area contributed by atoms with Crippen molar-refractivity contribution in [2.45, 2.75) is 32.8 Å². The number of likely N-dealkylation sites (tertiary alicyclic amines) is 1. The number of anilines is 1. The van der Waals surface area contributed by atoms with Crippen LogP contribution in [0.3, 0.4) is 0 Å². The Labute approximate surface area is 169 Å². The molecule has 9 nitrogen and oxygen atoms in total. The van der Waals surface area contributed by atoms with Crippen LogP contribution in [0.1, 0.15) is 37.0 Å². The minimum absolute atomic E-state index is 0.0561. The number of nitrogens with zero attached hydrogens (tertiary/aromatic N) is 3. The highest BCUT2D eigenvalue weighted by Crippen LogP contribution is 2.30. The summed E-state index contributed by atoms with van der Waals surface area (Å²) >= 11 is 0. The number of piperidine rings is 1. The molecule has 29 heavy (non-hydrogen) atoms. The number of amides is 1. The Morgan fingerprint density at radius 2 is 1.86 bits per heavy atom. The number of morpholine rings is 1. The second-order valence-electron chi connectivity index (χ2n) is 7.62. The summed E-state index contributed by atoms with van der Waals surface area (Å²) in [6.07, 6.45) is 0.928. The van der Waals surface area contributed by atoms with Crippen LogP contribution in [0, 0.1) is 16.0 Å². The monoisotopic (exact) mass is 405 g/mol. The average Bonchev–Trinajstić information content (AvgIpc) is 2.73. The molecule has 0 N–H and O–H groups in total. The Morgan fingerprint density at radius 3 is 2.48 bits per heavy atom. The zero-order valence-corrected chi connectivity index (χ0v) is 16.8. The molecule has 0 aliphatic carbocycles. The number of carbonyl (C=O) groups excluding carboxylic acids is 2. The number of carbonyl (C=O) groups is 2. The molecule has 0 spiro atoms. The third-order valence-corrected chi connectivity index (χ3v) is 5.49. The molecular weight excluding hydrogens is 378 g/mol. The Balaban J connectivity index is 1.69. The van der Waals surface area contributed by atoms with Crippen LogP contribution in [0.4, 0.5) is 11.4 Å². The first kappa shape index (κ1) is 21.0. The molecule has 1 aromatic carbocycles. The smallest absolute Gasteiger partial charge is 0.339 e. The lowest BCUT2D eigenvalue weighted by molar-refractivity contribution is -0.384. The van der Waals surface area contributed by atoms with Crippen molar-refractivity contribution >= 4 is 23.3 Å². The molecule has 2 heterocycles. The molecule has 2 saturated heterocycles. The summed E-state index contributed by atoms with van der Waals surface area (Å²) in [6, 6.07) is 4.27. The lowest BCUT2D eigenvalue weighted by atomic mass is 9.99. The van der Waals surface area contributed by atoms with Crippen LogP contribution in [-0.2, 0) is 14.3 Å². The Hall–Kier alpha value is -2.68. The standard InChI is InChI=1S/C20H27N3O6/c1-14-5-7-22(8-6-14)19(24)15(2)29-20(25)16-3-4-17(18(13-16)23(26)27)21-9-11-28-12-10-21/h3-4,13-15H,5-12H2,1-2H3/t15-/m1/s1. The van der Waals surface area contributed by atoms with Crippen molar-refractivity contribution in [3.8, 4) is 0 Å². The van der Waals surface area contributed by atoms with Gasteiger partial charge in [-0.05, 0) is 37.8 Å². The van der Waals surface area contributed by atoms with Gasteiger partial charge in [0.05, 0.1) is 23.7 Å². The number of rotatable bonds is 5. The van der Waals surface area contributed by atoms with Gasteiger partial charge in [-0.3, -0.25) is 14.9 Å². The van der Waals surface area contributed by atoms with Gasteiger partial charge in [0.1, 0.15) is 5.69 Å². The minimum atomic E-state index is -0.936. The number of nitro benzene ring substituents is 1. The van der Waals surface area contributed by atoms with Gasteiger partial charge in [-0.1, -0.05) is 6.92 Å². The highest BCUT2D eigenvalue weighted by atomic mass is 16.6. The fraction of sp³-hybridized carbons (Fsp3) is 0.600. The highest BCUT2D eigenvalue weighted by Gasteiger charge is 2.28. The number of esters is 1. The largest absolute Gasteiger partial charge is 0.449 e. The Bertz CT molecular complexity index is 769. The Morgan fingerprint density at radius 1 is 1.21 bits per heavy atom. The van der Waals surface area contributed by atoms with Crippen LogP contribution in [0.15, 0.2) is 18.2 Å². The molecule has 0 saturated carbocycles. The maximum atomic E-state index is 12.5. The molecule has 2 fully saturated rings. The average molecular weight is 405 g/mol. The van der Waals surface area contributed by atoms with E-state index in [9.17, 15) is 19.7 Å². The molecule has 0 aromatic heterocycles. The van der Waals surface area contributed by atoms with Crippen LogP contribution in [0.25, 0.3) is 0 Å². The number of ether oxygens (including phenoxy) is 2. The van der Waals surface area contributed by atoms with Gasteiger partial charge < -0.3 is 19.3 Å². The zero-order chi connectivity index (χ0) is 21.0. The lowest BCUT2D eigenvalue weighted by Gasteiger charge is -2.32. The predicted octanol–water partition coefficient (Wildman–Crippen LogP) is 2.24. The molecule has 2 aliphatic rings. The molecule has 3 rings (SSSR count). The first-order valence-corrected chi connectivity index (χ1v) is 9.97. The van der Waals surface area contributed by atoms with Gasteiger partial charge in [0.15, 0.2) is 6.10 Å². The second kappa shape index (κ2) is 9.21. The lowest BCUT2D eigenvalue weighted by Crippen LogP contribution is -2.44. The summed E-state index contributed by atoms with van der Waals surface area (Å²) in [7, 11) is 0. The summed E-state index contributed by atoms with van der Waals surface area (Å²) in [5.74, 6) is -0.389. The van der Waals surface area contributed by atoms with E-state index in [1.807, 2.05) is 4.90 Å². The molecule has 1 amide bonds. The van der Waals surface area contributed by atoms with Gasteiger partial charge in [-0.25, -0.2) is 4.79 Å². The molecule has 0 radical (unpaired) electrons. The summed E-state index contributed by atoms with van der Waals surface area (Å²) in [6.45, 7) is 7.08. The van der Waals surface area contributed by atoms with E-state index < -0.39 is 17.0 Å². The van der Waals surface area contributed by atoms with E-state index in [1.165, 1.54) is 19.1 Å². The first-order chi connectivity index (χ1) is 13.9. The van der Waals surface area contributed by atoms with Crippen molar-refractivity contribution in [2.24, 2.45) is 5.92 Å². The fourth-order valence-corrected chi connectivity index (χ4v) is 3.63. The summed E-state index contributed by atoms with van der Waals surface area (Å²) in [5, 5.41) is 11.5. The van der Waals surface area contributed by atoms with E-state index in [1.54, 1.807) is 11.0 Å². The molecule has 1 atom stereocenters. The van der Waals surface area contributed by atoms with Gasteiger partial charge in [0, 0.05) is 32.2 Å². The van der Waals surface area contributed by atoms with Crippen LogP contribution in [0.5, 0.6) is 0 Å². The summed E-state index contributed by atoms with van der Waals surface area (Å²) in [5.41, 5.74) is 0.340. The van der Waals surface area contributed by atoms with Crippen molar-refractivity contribution in [3.63, 3.8) is 0 Å². The fourth-order valence-electron chi connectivity index (χ4n) is 3.63. The van der Waals surface area contributed by atoms with E-state index in [0.717, 1.165) is 12.8 Å². The zero-order valence-electron chi connectivity index (χ0n) is 16.8. The van der Waals surface area contributed by atoms with Crippen molar-refractivity contribution in [3.05, 3.63) is 33.9 Å². The van der Waals surface area contributed by atoms with Gasteiger partial charge in [0.2, 0.25) is 0 Å². The van der Waals surface area contributed by atoms with Crippen molar-refractivity contribution in [2.75, 3.05) is 44.3 Å². The maximum Gasteiger partial charge on any atom is 0.339 e. The van der Waals surface area contributed by atoms with Crippen molar-refractivity contribution in [1.29, 1.82) is 0 Å². The number of hydrogen-bond acceptors (Lipinski definition) is 7. The van der Waals surface area contributed by atoms with Crippen LogP contribution >= 0.6 is 0 Å². The normalized spacial score (nSPS) is 19.0. The maximum absolute atomic E-state index is 12.5. The van der Waals surface area contributed by atoms with E-state index in [4.69, 9.17) is 9.47 Å². The predicted molar refractivity (Wildman–Crippen MR) is 106 cm³/mol. The van der Waals surface area contributed by atoms with E-state index in [0.29, 0.717) is 51.0 Å². The van der Waals surface area contributed by atoms with Crippen molar-refractivity contribution < 1.29 is 24.0 Å². The highest BCUT2D eigenvalue weighted by molar-refractivity contribution is 5.93. The molecule has 2 aliphatic heterocycles. The van der Waals surface area contributed by atoms with Crippen LogP contribution in [-0.4, -0.2) is 67.2 Å². The molecule has 0 bridgehead atoms. The van der Waals surface area contributed by atoms with E-state index >= 15 is 0 Å². The van der Waals surface area contributed by atoms with Gasteiger partial charge in [0.25, 0.3) is 11.6 Å². The third kappa shape index (κ3) is 5.03. The Kier molecular flexibility index (Phi) is 6.68. The minimum Gasteiger partial charge on any atom is -0.449 e. The van der Waals surface area contributed by atoms with E-state index in [2.05, 4.69) is 6.92 Å². The number of benzene rings is 1. The third-order valence-electron chi connectivity index (χ3n) is 5.49. The molecular formula is C20H27N3O6. The molecule has 1 aromatic rings. The molecule has 9 heteroatoms. The topological polar surface area (TPSA) is 102 Å². The quantitative estimate of drug-likeness (QED) is 0.420. The number of nitro groups is 1. The molecule has 158 valence electrons. The van der Waals surface area contributed by atoms with Gasteiger partial charge >= 0.3 is 5.97 Å². The van der Waals surface area contributed by atoms with E-state index in [-0.39, 0.29) is 17.2 Å². The van der Waals surface area contributed by atoms with Gasteiger partial charge in [-0.15, -0.1) is 0 Å². The molecule has 0 unspecified atom stereocenters. The van der Waals surface area contributed by atoms with Crippen molar-refractivity contribution in [1.82, 2.24) is 4.90 Å². The summed E-state index contributed by atoms with van der Waals surface area (Å²) < 4.78 is 10.6. The van der Waals surface area contributed by atoms with Crippen LogP contribution in [0.2, 0.25) is 0 Å².